The summed E-state index contributed by atoms with van der Waals surface area (Å²) < 4.78 is 23.8. The number of halogens is 1. The van der Waals surface area contributed by atoms with Crippen LogP contribution in [-0.4, -0.2) is 13.0 Å². The zero-order valence-corrected chi connectivity index (χ0v) is 13.1. The summed E-state index contributed by atoms with van der Waals surface area (Å²) >= 11 is 0. The van der Waals surface area contributed by atoms with Crippen LogP contribution in [0.1, 0.15) is 16.1 Å². The van der Waals surface area contributed by atoms with E-state index in [1.54, 1.807) is 31.4 Å². The Morgan fingerprint density at radius 1 is 1.08 bits per heavy atom. The van der Waals surface area contributed by atoms with Crippen molar-refractivity contribution < 1.29 is 18.3 Å². The minimum absolute atomic E-state index is 0.198. The van der Waals surface area contributed by atoms with Crippen molar-refractivity contribution in [1.82, 2.24) is 5.32 Å². The highest BCUT2D eigenvalue weighted by atomic mass is 19.1. The summed E-state index contributed by atoms with van der Waals surface area (Å²) in [6, 6.07) is 16.6. The number of rotatable bonds is 5. The molecule has 1 amide bonds. The lowest BCUT2D eigenvalue weighted by molar-refractivity contribution is 0.0924. The van der Waals surface area contributed by atoms with Gasteiger partial charge in [-0.15, -0.1) is 0 Å². The molecular weight excluding hydrogens is 309 g/mol. The standard InChI is InChI=1S/C19H16FNO3/c1-23-16-5-3-2-4-14(16)12-21-19(22)18-11-10-17(24-18)13-6-8-15(20)9-7-13/h2-11H,12H2,1H3,(H,21,22). The van der Waals surface area contributed by atoms with Gasteiger partial charge in [0, 0.05) is 17.7 Å². The van der Waals surface area contributed by atoms with E-state index in [9.17, 15) is 9.18 Å². The molecule has 3 aromatic rings. The fourth-order valence-corrected chi connectivity index (χ4v) is 2.34. The Labute approximate surface area is 138 Å². The van der Waals surface area contributed by atoms with Crippen LogP contribution in [0.2, 0.25) is 0 Å². The predicted molar refractivity (Wildman–Crippen MR) is 88.3 cm³/mol. The van der Waals surface area contributed by atoms with Crippen LogP contribution in [0.15, 0.2) is 65.1 Å². The number of carbonyl (C=O) groups excluding carboxylic acids is 1. The zero-order chi connectivity index (χ0) is 16.9. The molecule has 0 radical (unpaired) electrons. The van der Waals surface area contributed by atoms with Crippen LogP contribution in [0, 0.1) is 5.82 Å². The van der Waals surface area contributed by atoms with E-state index in [1.165, 1.54) is 12.1 Å². The summed E-state index contributed by atoms with van der Waals surface area (Å²) in [5, 5.41) is 2.79. The Bertz CT molecular complexity index is 840. The minimum atomic E-state index is -0.325. The monoisotopic (exact) mass is 325 g/mol. The first-order valence-corrected chi connectivity index (χ1v) is 7.43. The van der Waals surface area contributed by atoms with Gasteiger partial charge in [-0.25, -0.2) is 4.39 Å². The minimum Gasteiger partial charge on any atom is -0.496 e. The van der Waals surface area contributed by atoms with Crippen molar-refractivity contribution >= 4 is 5.91 Å². The normalized spacial score (nSPS) is 10.4. The average molecular weight is 325 g/mol. The lowest BCUT2D eigenvalue weighted by Gasteiger charge is -2.08. The van der Waals surface area contributed by atoms with Gasteiger partial charge >= 0.3 is 0 Å². The second-order valence-corrected chi connectivity index (χ2v) is 5.17. The third-order valence-corrected chi connectivity index (χ3v) is 3.59. The van der Waals surface area contributed by atoms with Crippen molar-refractivity contribution in [2.24, 2.45) is 0 Å². The lowest BCUT2D eigenvalue weighted by Crippen LogP contribution is -2.22. The SMILES string of the molecule is COc1ccccc1CNC(=O)c1ccc(-c2ccc(F)cc2)o1. The van der Waals surface area contributed by atoms with Gasteiger partial charge in [-0.1, -0.05) is 18.2 Å². The van der Waals surface area contributed by atoms with Crippen LogP contribution in [0.4, 0.5) is 4.39 Å². The molecule has 0 atom stereocenters. The van der Waals surface area contributed by atoms with Gasteiger partial charge < -0.3 is 14.5 Å². The molecule has 122 valence electrons. The number of hydrogen-bond acceptors (Lipinski definition) is 3. The zero-order valence-electron chi connectivity index (χ0n) is 13.1. The molecule has 1 N–H and O–H groups in total. The fourth-order valence-electron chi connectivity index (χ4n) is 2.34. The number of para-hydroxylation sites is 1. The smallest absolute Gasteiger partial charge is 0.287 e. The number of nitrogens with one attached hydrogen (secondary N) is 1. The van der Waals surface area contributed by atoms with Gasteiger partial charge in [0.1, 0.15) is 17.3 Å². The highest BCUT2D eigenvalue weighted by Gasteiger charge is 2.13. The first-order valence-electron chi connectivity index (χ1n) is 7.43. The Balaban J connectivity index is 1.69. The maximum atomic E-state index is 13.0. The summed E-state index contributed by atoms with van der Waals surface area (Å²) in [6.07, 6.45) is 0. The van der Waals surface area contributed by atoms with Crippen LogP contribution in [0.5, 0.6) is 5.75 Å². The summed E-state index contributed by atoms with van der Waals surface area (Å²) in [5.41, 5.74) is 1.58. The summed E-state index contributed by atoms with van der Waals surface area (Å²) in [4.78, 5) is 12.2. The summed E-state index contributed by atoms with van der Waals surface area (Å²) in [6.45, 7) is 0.329. The number of ether oxygens (including phenoxy) is 1. The Morgan fingerprint density at radius 2 is 1.83 bits per heavy atom. The van der Waals surface area contributed by atoms with Crippen LogP contribution in [0.25, 0.3) is 11.3 Å². The molecule has 0 fully saturated rings. The van der Waals surface area contributed by atoms with Crippen molar-refractivity contribution in [3.8, 4) is 17.1 Å². The summed E-state index contributed by atoms with van der Waals surface area (Å²) in [7, 11) is 1.59. The first kappa shape index (κ1) is 15.8. The lowest BCUT2D eigenvalue weighted by atomic mass is 10.2. The molecule has 0 saturated heterocycles. The van der Waals surface area contributed by atoms with Gasteiger partial charge in [-0.2, -0.15) is 0 Å². The number of hydrogen-bond donors (Lipinski definition) is 1. The van der Waals surface area contributed by atoms with Crippen molar-refractivity contribution in [3.05, 3.63) is 77.8 Å². The van der Waals surface area contributed by atoms with Gasteiger partial charge in [-0.3, -0.25) is 4.79 Å². The molecule has 0 aliphatic carbocycles. The molecule has 1 heterocycles. The maximum absolute atomic E-state index is 13.0. The molecule has 0 aliphatic heterocycles. The third-order valence-electron chi connectivity index (χ3n) is 3.59. The quantitative estimate of drug-likeness (QED) is 0.771. The Hall–Kier alpha value is -3.08. The molecule has 1 aromatic heterocycles. The second kappa shape index (κ2) is 7.00. The summed E-state index contributed by atoms with van der Waals surface area (Å²) in [5.74, 6) is 0.778. The highest BCUT2D eigenvalue weighted by Crippen LogP contribution is 2.22. The van der Waals surface area contributed by atoms with E-state index in [4.69, 9.17) is 9.15 Å². The molecule has 0 unspecified atom stereocenters. The van der Waals surface area contributed by atoms with E-state index in [2.05, 4.69) is 5.32 Å². The third kappa shape index (κ3) is 3.46. The molecule has 2 aromatic carbocycles. The van der Waals surface area contributed by atoms with Gasteiger partial charge in [0.25, 0.3) is 5.91 Å². The van der Waals surface area contributed by atoms with Crippen LogP contribution in [0.3, 0.4) is 0 Å². The number of benzene rings is 2. The van der Waals surface area contributed by atoms with E-state index in [1.807, 2.05) is 24.3 Å². The Morgan fingerprint density at radius 3 is 2.58 bits per heavy atom. The average Bonchev–Trinajstić information content (AvgIpc) is 3.10. The van der Waals surface area contributed by atoms with Crippen LogP contribution in [-0.2, 0) is 6.54 Å². The van der Waals surface area contributed by atoms with Gasteiger partial charge in [0.2, 0.25) is 0 Å². The molecule has 0 aliphatic rings. The van der Waals surface area contributed by atoms with Crippen LogP contribution < -0.4 is 10.1 Å². The van der Waals surface area contributed by atoms with E-state index in [-0.39, 0.29) is 17.5 Å². The van der Waals surface area contributed by atoms with Gasteiger partial charge in [0.05, 0.1) is 7.11 Å². The molecule has 0 spiro atoms. The topological polar surface area (TPSA) is 51.5 Å². The second-order valence-electron chi connectivity index (χ2n) is 5.17. The number of furan rings is 1. The molecule has 24 heavy (non-hydrogen) atoms. The van der Waals surface area contributed by atoms with E-state index < -0.39 is 0 Å². The largest absolute Gasteiger partial charge is 0.496 e. The van der Waals surface area contributed by atoms with Crippen molar-refractivity contribution in [1.29, 1.82) is 0 Å². The molecule has 5 heteroatoms. The van der Waals surface area contributed by atoms with Crippen molar-refractivity contribution in [2.45, 2.75) is 6.54 Å². The fraction of sp³-hybridized carbons (Fsp3) is 0.105. The van der Waals surface area contributed by atoms with E-state index >= 15 is 0 Å². The van der Waals surface area contributed by atoms with Gasteiger partial charge in [-0.05, 0) is 42.5 Å². The Kier molecular flexibility index (Phi) is 4.61. The molecule has 4 nitrogen and oxygen atoms in total. The van der Waals surface area contributed by atoms with Gasteiger partial charge in [0.15, 0.2) is 5.76 Å². The predicted octanol–water partition coefficient (Wildman–Crippen LogP) is 4.02. The van der Waals surface area contributed by atoms with E-state index in [0.717, 1.165) is 5.56 Å². The van der Waals surface area contributed by atoms with Crippen LogP contribution >= 0.6 is 0 Å². The molecule has 3 rings (SSSR count). The van der Waals surface area contributed by atoms with Crippen molar-refractivity contribution in [2.75, 3.05) is 7.11 Å². The number of amides is 1. The maximum Gasteiger partial charge on any atom is 0.287 e. The first-order chi connectivity index (χ1) is 11.7. The molecular formula is C19H16FNO3. The van der Waals surface area contributed by atoms with E-state index in [0.29, 0.717) is 23.6 Å². The highest BCUT2D eigenvalue weighted by molar-refractivity contribution is 5.92. The number of methoxy groups -OCH3 is 1. The number of carbonyl (C=O) groups is 1. The molecule has 0 saturated carbocycles. The molecule has 0 bridgehead atoms. The van der Waals surface area contributed by atoms with Crippen molar-refractivity contribution in [3.63, 3.8) is 0 Å².